The molecule has 116 valence electrons. The molecule has 22 heavy (non-hydrogen) atoms. The van der Waals surface area contributed by atoms with Gasteiger partial charge in [0.15, 0.2) is 0 Å². The lowest BCUT2D eigenvalue weighted by atomic mass is 10.1. The van der Waals surface area contributed by atoms with Crippen LogP contribution in [0.1, 0.15) is 24.1 Å². The lowest BCUT2D eigenvalue weighted by Gasteiger charge is -2.16. The molecule has 0 aliphatic heterocycles. The van der Waals surface area contributed by atoms with Crippen molar-refractivity contribution in [3.63, 3.8) is 0 Å². The summed E-state index contributed by atoms with van der Waals surface area (Å²) in [6, 6.07) is 13.4. The maximum atomic E-state index is 12.1. The van der Waals surface area contributed by atoms with Gasteiger partial charge in [-0.05, 0) is 49.2 Å². The van der Waals surface area contributed by atoms with Crippen molar-refractivity contribution in [2.24, 2.45) is 0 Å². The van der Waals surface area contributed by atoms with Gasteiger partial charge in [0, 0.05) is 21.2 Å². The highest BCUT2D eigenvalue weighted by Crippen LogP contribution is 2.22. The van der Waals surface area contributed by atoms with E-state index in [-0.39, 0.29) is 18.5 Å². The second-order valence-corrected chi connectivity index (χ2v) is 6.45. The molecule has 2 aromatic carbocycles. The summed E-state index contributed by atoms with van der Waals surface area (Å²) in [5, 5.41) is 6.79. The van der Waals surface area contributed by atoms with Gasteiger partial charge in [0.25, 0.3) is 0 Å². The molecule has 2 rings (SSSR count). The van der Waals surface area contributed by atoms with Gasteiger partial charge in [-0.1, -0.05) is 45.7 Å². The van der Waals surface area contributed by atoms with E-state index in [9.17, 15) is 4.79 Å². The molecule has 0 heterocycles. The number of halogens is 2. The fourth-order valence-electron chi connectivity index (χ4n) is 2.14. The largest absolute Gasteiger partial charge is 0.325 e. The molecule has 3 nitrogen and oxygen atoms in total. The van der Waals surface area contributed by atoms with Crippen LogP contribution in [0.25, 0.3) is 0 Å². The number of aryl methyl sites for hydroxylation is 1. The fraction of sp³-hybridized carbons (Fsp3) is 0.235. The summed E-state index contributed by atoms with van der Waals surface area (Å²) in [4.78, 5) is 12.1. The van der Waals surface area contributed by atoms with E-state index >= 15 is 0 Å². The van der Waals surface area contributed by atoms with E-state index in [1.54, 1.807) is 0 Å². The average molecular weight is 382 g/mol. The van der Waals surface area contributed by atoms with Gasteiger partial charge in [0.1, 0.15) is 0 Å². The Labute approximate surface area is 144 Å². The number of hydrogen-bond acceptors (Lipinski definition) is 2. The van der Waals surface area contributed by atoms with Crippen LogP contribution in [0.2, 0.25) is 5.02 Å². The van der Waals surface area contributed by atoms with Crippen LogP contribution in [0.5, 0.6) is 0 Å². The van der Waals surface area contributed by atoms with Crippen molar-refractivity contribution in [2.75, 3.05) is 11.9 Å². The third-order valence-corrected chi connectivity index (χ3v) is 4.24. The van der Waals surface area contributed by atoms with Crippen molar-refractivity contribution in [3.05, 3.63) is 63.1 Å². The molecule has 1 atom stereocenters. The zero-order valence-corrected chi connectivity index (χ0v) is 14.8. The van der Waals surface area contributed by atoms with E-state index in [0.29, 0.717) is 5.02 Å². The van der Waals surface area contributed by atoms with E-state index in [1.165, 1.54) is 0 Å². The first-order chi connectivity index (χ1) is 10.5. The van der Waals surface area contributed by atoms with E-state index in [4.69, 9.17) is 11.6 Å². The zero-order chi connectivity index (χ0) is 16.1. The second kappa shape index (κ2) is 7.77. The SMILES string of the molecule is Cc1cc(Br)ccc1NC(=O)CNC(C)c1ccccc1Cl. The van der Waals surface area contributed by atoms with Crippen LogP contribution in [0.3, 0.4) is 0 Å². The Bertz CT molecular complexity index is 675. The predicted octanol–water partition coefficient (Wildman–Crippen LogP) is 4.70. The smallest absolute Gasteiger partial charge is 0.238 e. The maximum absolute atomic E-state index is 12.1. The molecule has 1 amide bonds. The molecule has 0 saturated carbocycles. The van der Waals surface area contributed by atoms with E-state index < -0.39 is 0 Å². The van der Waals surface area contributed by atoms with Crippen LogP contribution in [0, 0.1) is 6.92 Å². The summed E-state index contributed by atoms with van der Waals surface area (Å²) in [7, 11) is 0. The van der Waals surface area contributed by atoms with Crippen LogP contribution >= 0.6 is 27.5 Å². The Morgan fingerprint density at radius 2 is 2.00 bits per heavy atom. The number of anilines is 1. The Morgan fingerprint density at radius 1 is 1.27 bits per heavy atom. The molecule has 2 aromatic rings. The third-order valence-electron chi connectivity index (χ3n) is 3.40. The molecule has 0 aromatic heterocycles. The van der Waals surface area contributed by atoms with E-state index in [2.05, 4.69) is 26.6 Å². The highest BCUT2D eigenvalue weighted by Gasteiger charge is 2.11. The standard InChI is InChI=1S/C17H18BrClN2O/c1-11-9-13(18)7-8-16(11)21-17(22)10-20-12(2)14-5-3-4-6-15(14)19/h3-9,12,20H,10H2,1-2H3,(H,21,22). The molecule has 0 aliphatic carbocycles. The molecule has 5 heteroatoms. The summed E-state index contributed by atoms with van der Waals surface area (Å²) < 4.78 is 0.994. The summed E-state index contributed by atoms with van der Waals surface area (Å²) in [6.07, 6.45) is 0. The molecular formula is C17H18BrClN2O. The first kappa shape index (κ1) is 17.0. The molecule has 2 N–H and O–H groups in total. The van der Waals surface area contributed by atoms with Crippen molar-refractivity contribution in [3.8, 4) is 0 Å². The molecule has 0 aliphatic rings. The van der Waals surface area contributed by atoms with Crippen LogP contribution < -0.4 is 10.6 Å². The minimum Gasteiger partial charge on any atom is -0.325 e. The van der Waals surface area contributed by atoms with Crippen molar-refractivity contribution in [1.82, 2.24) is 5.32 Å². The van der Waals surface area contributed by atoms with Crippen LogP contribution in [0.15, 0.2) is 46.9 Å². The van der Waals surface area contributed by atoms with Crippen LogP contribution in [-0.2, 0) is 4.79 Å². The molecule has 0 fully saturated rings. The molecule has 0 bridgehead atoms. The van der Waals surface area contributed by atoms with Crippen molar-refractivity contribution < 1.29 is 4.79 Å². The van der Waals surface area contributed by atoms with Gasteiger partial charge in [-0.2, -0.15) is 0 Å². The number of amides is 1. The van der Waals surface area contributed by atoms with Crippen LogP contribution in [-0.4, -0.2) is 12.5 Å². The number of carbonyl (C=O) groups is 1. The lowest BCUT2D eigenvalue weighted by Crippen LogP contribution is -2.30. The first-order valence-corrected chi connectivity index (χ1v) is 8.18. The lowest BCUT2D eigenvalue weighted by molar-refractivity contribution is -0.115. The van der Waals surface area contributed by atoms with Gasteiger partial charge in [-0.3, -0.25) is 4.79 Å². The Hall–Kier alpha value is -1.36. The highest BCUT2D eigenvalue weighted by atomic mass is 79.9. The van der Waals surface area contributed by atoms with E-state index in [1.807, 2.05) is 56.3 Å². The Kier molecular flexibility index (Phi) is 6.00. The Balaban J connectivity index is 1.91. The number of carbonyl (C=O) groups excluding carboxylic acids is 1. The highest BCUT2D eigenvalue weighted by molar-refractivity contribution is 9.10. The third kappa shape index (κ3) is 4.57. The van der Waals surface area contributed by atoms with Crippen molar-refractivity contribution >= 4 is 39.1 Å². The van der Waals surface area contributed by atoms with Crippen LogP contribution in [0.4, 0.5) is 5.69 Å². The van der Waals surface area contributed by atoms with Gasteiger partial charge >= 0.3 is 0 Å². The number of hydrogen-bond donors (Lipinski definition) is 2. The topological polar surface area (TPSA) is 41.1 Å². The van der Waals surface area contributed by atoms with E-state index in [0.717, 1.165) is 21.3 Å². The van der Waals surface area contributed by atoms with Gasteiger partial charge < -0.3 is 10.6 Å². The summed E-state index contributed by atoms with van der Waals surface area (Å²) >= 11 is 9.56. The van der Waals surface area contributed by atoms with Gasteiger partial charge in [-0.25, -0.2) is 0 Å². The summed E-state index contributed by atoms with van der Waals surface area (Å²) in [5.41, 5.74) is 2.82. The normalized spacial score (nSPS) is 12.0. The van der Waals surface area contributed by atoms with Crippen molar-refractivity contribution in [2.45, 2.75) is 19.9 Å². The predicted molar refractivity (Wildman–Crippen MR) is 95.4 cm³/mol. The minimum atomic E-state index is -0.0793. The molecular weight excluding hydrogens is 364 g/mol. The minimum absolute atomic E-state index is 0.00506. The quantitative estimate of drug-likeness (QED) is 0.788. The van der Waals surface area contributed by atoms with Gasteiger partial charge in [0.2, 0.25) is 5.91 Å². The molecule has 0 saturated heterocycles. The average Bonchev–Trinajstić information content (AvgIpc) is 2.48. The second-order valence-electron chi connectivity index (χ2n) is 5.13. The fourth-order valence-corrected chi connectivity index (χ4v) is 2.92. The monoisotopic (exact) mass is 380 g/mol. The summed E-state index contributed by atoms with van der Waals surface area (Å²) in [6.45, 7) is 4.17. The maximum Gasteiger partial charge on any atom is 0.238 e. The zero-order valence-electron chi connectivity index (χ0n) is 12.5. The number of benzene rings is 2. The van der Waals surface area contributed by atoms with Crippen molar-refractivity contribution in [1.29, 1.82) is 0 Å². The summed E-state index contributed by atoms with van der Waals surface area (Å²) in [5.74, 6) is -0.0793. The first-order valence-electron chi connectivity index (χ1n) is 7.01. The molecule has 0 radical (unpaired) electrons. The number of rotatable bonds is 5. The van der Waals surface area contributed by atoms with Gasteiger partial charge in [0.05, 0.1) is 6.54 Å². The molecule has 1 unspecified atom stereocenters. The Morgan fingerprint density at radius 3 is 2.68 bits per heavy atom. The molecule has 0 spiro atoms. The van der Waals surface area contributed by atoms with Gasteiger partial charge in [-0.15, -0.1) is 0 Å². The number of nitrogens with one attached hydrogen (secondary N) is 2.